The van der Waals surface area contributed by atoms with Crippen LogP contribution in [0, 0.1) is 0 Å². The second-order valence-corrected chi connectivity index (χ2v) is 9.39. The first kappa shape index (κ1) is 28.1. The van der Waals surface area contributed by atoms with Gasteiger partial charge in [0.2, 0.25) is 0 Å². The molecule has 0 radical (unpaired) electrons. The van der Waals surface area contributed by atoms with Crippen molar-refractivity contribution in [1.29, 1.82) is 0 Å². The van der Waals surface area contributed by atoms with Crippen molar-refractivity contribution in [2.75, 3.05) is 13.2 Å². The molecule has 0 saturated heterocycles. The molecular formula is C24H51O3P. The fourth-order valence-electron chi connectivity index (χ4n) is 3.50. The van der Waals surface area contributed by atoms with Crippen LogP contribution in [0.2, 0.25) is 0 Å². The fourth-order valence-corrected chi connectivity index (χ4v) is 4.21. The molecule has 3 nitrogen and oxygen atoms in total. The Labute approximate surface area is 177 Å². The summed E-state index contributed by atoms with van der Waals surface area (Å²) in [5.74, 6) is 0. The van der Waals surface area contributed by atoms with Crippen molar-refractivity contribution >= 4 is 8.25 Å². The van der Waals surface area contributed by atoms with Gasteiger partial charge in [-0.15, -0.1) is 0 Å². The Morgan fingerprint density at radius 1 is 0.429 bits per heavy atom. The van der Waals surface area contributed by atoms with Crippen LogP contribution in [0.25, 0.3) is 0 Å². The van der Waals surface area contributed by atoms with E-state index < -0.39 is 8.25 Å². The third-order valence-corrected chi connectivity index (χ3v) is 6.32. The summed E-state index contributed by atoms with van der Waals surface area (Å²) in [5.41, 5.74) is 0. The molecule has 1 atom stereocenters. The maximum absolute atomic E-state index is 11.4. The molecule has 4 heteroatoms. The SMILES string of the molecule is CCCCCCCCCCCCCCCCCCCCO[PH](=O)OCCCC. The van der Waals surface area contributed by atoms with Crippen molar-refractivity contribution in [3.63, 3.8) is 0 Å². The van der Waals surface area contributed by atoms with Crippen LogP contribution in [-0.4, -0.2) is 13.2 Å². The monoisotopic (exact) mass is 418 g/mol. The molecule has 0 fully saturated rings. The van der Waals surface area contributed by atoms with Crippen LogP contribution < -0.4 is 0 Å². The van der Waals surface area contributed by atoms with Gasteiger partial charge in [-0.05, 0) is 12.8 Å². The lowest BCUT2D eigenvalue weighted by Crippen LogP contribution is -1.91. The van der Waals surface area contributed by atoms with Gasteiger partial charge in [-0.3, -0.25) is 4.57 Å². The summed E-state index contributed by atoms with van der Waals surface area (Å²) in [6.07, 6.45) is 26.8. The van der Waals surface area contributed by atoms with Gasteiger partial charge in [-0.2, -0.15) is 0 Å². The lowest BCUT2D eigenvalue weighted by Gasteiger charge is -2.05. The van der Waals surface area contributed by atoms with Crippen LogP contribution in [0.5, 0.6) is 0 Å². The molecule has 0 aromatic heterocycles. The predicted molar refractivity (Wildman–Crippen MR) is 125 cm³/mol. The minimum atomic E-state index is -2.23. The van der Waals surface area contributed by atoms with Gasteiger partial charge in [0, 0.05) is 0 Å². The maximum atomic E-state index is 11.4. The molecule has 28 heavy (non-hydrogen) atoms. The van der Waals surface area contributed by atoms with Gasteiger partial charge in [0.1, 0.15) is 0 Å². The molecular weight excluding hydrogens is 367 g/mol. The Bertz CT molecular complexity index is 310. The zero-order chi connectivity index (χ0) is 20.5. The first-order chi connectivity index (χ1) is 13.8. The molecule has 0 amide bonds. The normalized spacial score (nSPS) is 12.5. The van der Waals surface area contributed by atoms with Crippen LogP contribution in [0.3, 0.4) is 0 Å². The van der Waals surface area contributed by atoms with Gasteiger partial charge in [0.05, 0.1) is 13.2 Å². The number of unbranched alkanes of at least 4 members (excludes halogenated alkanes) is 18. The molecule has 0 aromatic rings. The van der Waals surface area contributed by atoms with Gasteiger partial charge in [-0.1, -0.05) is 129 Å². The number of hydrogen-bond donors (Lipinski definition) is 0. The highest BCUT2D eigenvalue weighted by atomic mass is 31.1. The van der Waals surface area contributed by atoms with Crippen molar-refractivity contribution < 1.29 is 13.6 Å². The van der Waals surface area contributed by atoms with E-state index in [0.29, 0.717) is 13.2 Å². The summed E-state index contributed by atoms with van der Waals surface area (Å²) in [6, 6.07) is 0. The Kier molecular flexibility index (Phi) is 25.3. The Balaban J connectivity index is 3.06. The van der Waals surface area contributed by atoms with Crippen LogP contribution in [0.4, 0.5) is 0 Å². The lowest BCUT2D eigenvalue weighted by atomic mass is 10.0. The van der Waals surface area contributed by atoms with Gasteiger partial charge < -0.3 is 9.05 Å². The summed E-state index contributed by atoms with van der Waals surface area (Å²) in [4.78, 5) is 0. The van der Waals surface area contributed by atoms with Crippen LogP contribution in [0.1, 0.15) is 142 Å². The molecule has 0 rings (SSSR count). The fraction of sp³-hybridized carbons (Fsp3) is 1.00. The molecule has 170 valence electrons. The van der Waals surface area contributed by atoms with Gasteiger partial charge >= 0.3 is 8.25 Å². The third kappa shape index (κ3) is 24.2. The highest BCUT2D eigenvalue weighted by Gasteiger charge is 1.99. The van der Waals surface area contributed by atoms with Crippen LogP contribution in [-0.2, 0) is 13.6 Å². The minimum Gasteiger partial charge on any atom is -0.311 e. The molecule has 0 aromatic carbocycles. The zero-order valence-electron chi connectivity index (χ0n) is 19.3. The summed E-state index contributed by atoms with van der Waals surface area (Å²) >= 11 is 0. The molecule has 0 spiro atoms. The van der Waals surface area contributed by atoms with Crippen molar-refractivity contribution in [2.45, 2.75) is 142 Å². The van der Waals surface area contributed by atoms with Gasteiger partial charge in [0.25, 0.3) is 0 Å². The molecule has 0 aliphatic carbocycles. The second kappa shape index (κ2) is 25.2. The highest BCUT2D eigenvalue weighted by Crippen LogP contribution is 2.24. The molecule has 0 aliphatic heterocycles. The number of hydrogen-bond acceptors (Lipinski definition) is 3. The first-order valence-corrected chi connectivity index (χ1v) is 13.8. The molecule has 0 bridgehead atoms. The summed E-state index contributed by atoms with van der Waals surface area (Å²) in [5, 5.41) is 0. The minimum absolute atomic E-state index is 0.563. The molecule has 0 saturated carbocycles. The van der Waals surface area contributed by atoms with Crippen LogP contribution >= 0.6 is 8.25 Å². The predicted octanol–water partition coefficient (Wildman–Crippen LogP) is 9.25. The van der Waals surface area contributed by atoms with E-state index in [9.17, 15) is 4.57 Å². The Morgan fingerprint density at radius 3 is 1.07 bits per heavy atom. The Morgan fingerprint density at radius 2 is 0.714 bits per heavy atom. The molecule has 0 heterocycles. The van der Waals surface area contributed by atoms with Crippen LogP contribution in [0.15, 0.2) is 0 Å². The maximum Gasteiger partial charge on any atom is 0.319 e. The lowest BCUT2D eigenvalue weighted by molar-refractivity contribution is 0.219. The van der Waals surface area contributed by atoms with E-state index in [-0.39, 0.29) is 0 Å². The third-order valence-electron chi connectivity index (χ3n) is 5.44. The van der Waals surface area contributed by atoms with Crippen molar-refractivity contribution in [3.05, 3.63) is 0 Å². The average Bonchev–Trinajstić information content (AvgIpc) is 2.70. The zero-order valence-corrected chi connectivity index (χ0v) is 20.3. The first-order valence-electron chi connectivity index (χ1n) is 12.6. The van der Waals surface area contributed by atoms with E-state index in [0.717, 1.165) is 19.3 Å². The summed E-state index contributed by atoms with van der Waals surface area (Å²) in [6.45, 7) is 5.53. The second-order valence-electron chi connectivity index (χ2n) is 8.31. The highest BCUT2D eigenvalue weighted by molar-refractivity contribution is 7.33. The topological polar surface area (TPSA) is 35.5 Å². The molecule has 1 unspecified atom stereocenters. The Hall–Kier alpha value is 0.150. The van der Waals surface area contributed by atoms with E-state index >= 15 is 0 Å². The van der Waals surface area contributed by atoms with Gasteiger partial charge in [0.15, 0.2) is 0 Å². The van der Waals surface area contributed by atoms with E-state index in [4.69, 9.17) is 9.05 Å². The van der Waals surface area contributed by atoms with Crippen molar-refractivity contribution in [3.8, 4) is 0 Å². The summed E-state index contributed by atoms with van der Waals surface area (Å²) in [7, 11) is -2.23. The van der Waals surface area contributed by atoms with E-state index in [2.05, 4.69) is 13.8 Å². The number of rotatable bonds is 24. The van der Waals surface area contributed by atoms with Crippen molar-refractivity contribution in [2.24, 2.45) is 0 Å². The molecule has 0 aliphatic rings. The quantitative estimate of drug-likeness (QED) is 0.116. The van der Waals surface area contributed by atoms with E-state index in [1.54, 1.807) is 0 Å². The van der Waals surface area contributed by atoms with Gasteiger partial charge in [-0.25, -0.2) is 0 Å². The standard InChI is InChI=1S/C24H51O3P/c1-3-5-7-8-9-10-11-12-13-14-15-16-17-18-19-20-21-22-24-27-28(25)26-23-6-4-2/h28H,3-24H2,1-2H3. The average molecular weight is 419 g/mol. The van der Waals surface area contributed by atoms with Crippen molar-refractivity contribution in [1.82, 2.24) is 0 Å². The largest absolute Gasteiger partial charge is 0.319 e. The van der Waals surface area contributed by atoms with E-state index in [1.807, 2.05) is 0 Å². The molecule has 0 N–H and O–H groups in total. The van der Waals surface area contributed by atoms with E-state index in [1.165, 1.54) is 109 Å². The smallest absolute Gasteiger partial charge is 0.311 e. The summed E-state index contributed by atoms with van der Waals surface area (Å²) < 4.78 is 21.8.